The molecule has 0 unspecified atom stereocenters. The fourth-order valence-corrected chi connectivity index (χ4v) is 3.86. The highest BCUT2D eigenvalue weighted by atomic mass is 35.5. The van der Waals surface area contributed by atoms with Crippen LogP contribution in [0, 0.1) is 11.3 Å². The van der Waals surface area contributed by atoms with E-state index in [1.807, 2.05) is 12.1 Å². The molecule has 1 aliphatic carbocycles. The number of ketones is 1. The Morgan fingerprint density at radius 2 is 1.90 bits per heavy atom. The van der Waals surface area contributed by atoms with Crippen LogP contribution in [0.4, 0.5) is 0 Å². The number of Topliss-reactive ketones (excluding diaryl/α,β-unsaturated/α-hetero) is 1. The molecule has 0 atom stereocenters. The van der Waals surface area contributed by atoms with Gasteiger partial charge in [0.1, 0.15) is 5.78 Å². The van der Waals surface area contributed by atoms with Crippen LogP contribution in [0.15, 0.2) is 18.2 Å². The van der Waals surface area contributed by atoms with Gasteiger partial charge < -0.3 is 0 Å². The highest BCUT2D eigenvalue weighted by Crippen LogP contribution is 2.45. The van der Waals surface area contributed by atoms with Gasteiger partial charge in [-0.2, -0.15) is 0 Å². The maximum atomic E-state index is 12.8. The summed E-state index contributed by atoms with van der Waals surface area (Å²) in [5, 5.41) is 1.06. The highest BCUT2D eigenvalue weighted by molar-refractivity contribution is 6.42. The molecule has 3 heteroatoms. The molecule has 1 nitrogen and oxygen atoms in total. The number of halogens is 2. The first-order valence-electron chi connectivity index (χ1n) is 7.41. The molecular weight excluding hydrogens is 291 g/mol. The van der Waals surface area contributed by atoms with Crippen LogP contribution in [0.2, 0.25) is 10.0 Å². The predicted molar refractivity (Wildman–Crippen MR) is 85.5 cm³/mol. The van der Waals surface area contributed by atoms with E-state index in [2.05, 4.69) is 13.8 Å². The van der Waals surface area contributed by atoms with E-state index in [9.17, 15) is 4.79 Å². The van der Waals surface area contributed by atoms with Crippen molar-refractivity contribution >= 4 is 29.0 Å². The Kier molecular flexibility index (Phi) is 5.14. The van der Waals surface area contributed by atoms with Gasteiger partial charge in [-0.05, 0) is 36.8 Å². The van der Waals surface area contributed by atoms with Crippen molar-refractivity contribution in [1.29, 1.82) is 0 Å². The highest BCUT2D eigenvalue weighted by Gasteiger charge is 2.40. The molecule has 0 N–H and O–H groups in total. The Morgan fingerprint density at radius 1 is 1.25 bits per heavy atom. The predicted octanol–water partition coefficient (Wildman–Crippen LogP) is 5.71. The summed E-state index contributed by atoms with van der Waals surface area (Å²) in [7, 11) is 0. The lowest BCUT2D eigenvalue weighted by molar-refractivity contribution is -0.128. The third kappa shape index (κ3) is 3.38. The van der Waals surface area contributed by atoms with Crippen molar-refractivity contribution in [2.45, 2.75) is 52.4 Å². The van der Waals surface area contributed by atoms with Gasteiger partial charge in [-0.25, -0.2) is 0 Å². The summed E-state index contributed by atoms with van der Waals surface area (Å²) in [5.41, 5.74) is 0.735. The van der Waals surface area contributed by atoms with Gasteiger partial charge in [-0.1, -0.05) is 62.0 Å². The van der Waals surface area contributed by atoms with E-state index in [0.29, 0.717) is 28.2 Å². The molecule has 1 aromatic carbocycles. The Labute approximate surface area is 131 Å². The summed E-state index contributed by atoms with van der Waals surface area (Å²) < 4.78 is 0. The third-order valence-electron chi connectivity index (χ3n) is 4.33. The summed E-state index contributed by atoms with van der Waals surface area (Å²) in [6.07, 6.45) is 5.80. The second-order valence-corrected chi connectivity index (χ2v) is 7.18. The Bertz CT molecular complexity index is 488. The first-order chi connectivity index (χ1) is 9.44. The van der Waals surface area contributed by atoms with Crippen LogP contribution in [-0.2, 0) is 11.2 Å². The number of rotatable bonds is 5. The van der Waals surface area contributed by atoms with E-state index >= 15 is 0 Å². The van der Waals surface area contributed by atoms with E-state index in [1.165, 1.54) is 12.8 Å². The maximum absolute atomic E-state index is 12.8. The Hall–Kier alpha value is -0.530. The fraction of sp³-hybridized carbons (Fsp3) is 0.588. The standard InChI is InChI=1S/C17H22Cl2O/c1-12(2)11-17(8-3-4-9-17)15(20)10-13-6-5-7-14(18)16(13)19/h5-7,12H,3-4,8-11H2,1-2H3. The average Bonchev–Trinajstić information content (AvgIpc) is 2.84. The van der Waals surface area contributed by atoms with Crippen molar-refractivity contribution in [2.75, 3.05) is 0 Å². The number of carbonyl (C=O) groups excluding carboxylic acids is 1. The monoisotopic (exact) mass is 312 g/mol. The van der Waals surface area contributed by atoms with E-state index in [1.54, 1.807) is 6.07 Å². The average molecular weight is 313 g/mol. The lowest BCUT2D eigenvalue weighted by atomic mass is 9.73. The van der Waals surface area contributed by atoms with Gasteiger partial charge in [0.05, 0.1) is 10.0 Å². The topological polar surface area (TPSA) is 17.1 Å². The molecule has 1 saturated carbocycles. The number of carbonyl (C=O) groups is 1. The van der Waals surface area contributed by atoms with Crippen LogP contribution in [-0.4, -0.2) is 5.78 Å². The molecule has 0 radical (unpaired) electrons. The molecule has 0 amide bonds. The quantitative estimate of drug-likeness (QED) is 0.680. The summed E-state index contributed by atoms with van der Waals surface area (Å²) in [4.78, 5) is 12.8. The molecule has 0 aromatic heterocycles. The lowest BCUT2D eigenvalue weighted by Gasteiger charge is -2.29. The number of hydrogen-bond acceptors (Lipinski definition) is 1. The smallest absolute Gasteiger partial charge is 0.143 e. The maximum Gasteiger partial charge on any atom is 0.143 e. The minimum Gasteiger partial charge on any atom is -0.299 e. The van der Waals surface area contributed by atoms with Crippen LogP contribution < -0.4 is 0 Å². The van der Waals surface area contributed by atoms with Crippen molar-refractivity contribution in [3.63, 3.8) is 0 Å². The van der Waals surface area contributed by atoms with E-state index in [0.717, 1.165) is 24.8 Å². The minimum absolute atomic E-state index is 0.125. The van der Waals surface area contributed by atoms with Crippen molar-refractivity contribution in [3.8, 4) is 0 Å². The van der Waals surface area contributed by atoms with Crippen LogP contribution in [0.5, 0.6) is 0 Å². The SMILES string of the molecule is CC(C)CC1(C(=O)Cc2cccc(Cl)c2Cl)CCCC1. The van der Waals surface area contributed by atoms with Crippen molar-refractivity contribution in [1.82, 2.24) is 0 Å². The molecule has 1 aromatic rings. The molecule has 1 fully saturated rings. The molecular formula is C17H22Cl2O. The van der Waals surface area contributed by atoms with Crippen LogP contribution in [0.3, 0.4) is 0 Å². The zero-order chi connectivity index (χ0) is 14.8. The first kappa shape index (κ1) is 15.9. The Balaban J connectivity index is 2.19. The van der Waals surface area contributed by atoms with Crippen molar-refractivity contribution < 1.29 is 4.79 Å². The van der Waals surface area contributed by atoms with Gasteiger partial charge in [0.15, 0.2) is 0 Å². The zero-order valence-corrected chi connectivity index (χ0v) is 13.7. The largest absolute Gasteiger partial charge is 0.299 e. The van der Waals surface area contributed by atoms with E-state index < -0.39 is 0 Å². The van der Waals surface area contributed by atoms with Crippen LogP contribution in [0.25, 0.3) is 0 Å². The first-order valence-corrected chi connectivity index (χ1v) is 8.16. The molecule has 0 bridgehead atoms. The molecule has 1 aliphatic rings. The van der Waals surface area contributed by atoms with Crippen LogP contribution in [0.1, 0.15) is 51.5 Å². The van der Waals surface area contributed by atoms with E-state index in [-0.39, 0.29) is 5.41 Å². The molecule has 2 rings (SSSR count). The summed E-state index contributed by atoms with van der Waals surface area (Å²) in [6.45, 7) is 4.39. The van der Waals surface area contributed by atoms with Gasteiger partial charge in [-0.15, -0.1) is 0 Å². The summed E-state index contributed by atoms with van der Waals surface area (Å²) in [6, 6.07) is 5.53. The number of benzene rings is 1. The fourth-order valence-electron chi connectivity index (χ4n) is 3.48. The lowest BCUT2D eigenvalue weighted by Crippen LogP contribution is -2.31. The van der Waals surface area contributed by atoms with E-state index in [4.69, 9.17) is 23.2 Å². The molecule has 0 spiro atoms. The zero-order valence-electron chi connectivity index (χ0n) is 12.2. The van der Waals surface area contributed by atoms with Gasteiger partial charge >= 0.3 is 0 Å². The molecule has 0 saturated heterocycles. The van der Waals surface area contributed by atoms with Crippen molar-refractivity contribution in [3.05, 3.63) is 33.8 Å². The van der Waals surface area contributed by atoms with Gasteiger partial charge in [0.25, 0.3) is 0 Å². The normalized spacial score (nSPS) is 17.6. The van der Waals surface area contributed by atoms with Crippen molar-refractivity contribution in [2.24, 2.45) is 11.3 Å². The second kappa shape index (κ2) is 6.49. The molecule has 20 heavy (non-hydrogen) atoms. The molecule has 110 valence electrons. The van der Waals surface area contributed by atoms with Crippen LogP contribution >= 0.6 is 23.2 Å². The van der Waals surface area contributed by atoms with Gasteiger partial charge in [0, 0.05) is 11.8 Å². The molecule has 0 heterocycles. The third-order valence-corrected chi connectivity index (χ3v) is 5.19. The second-order valence-electron chi connectivity index (χ2n) is 6.40. The molecule has 0 aliphatic heterocycles. The minimum atomic E-state index is -0.125. The summed E-state index contributed by atoms with van der Waals surface area (Å²) in [5.74, 6) is 0.889. The Morgan fingerprint density at radius 3 is 2.50 bits per heavy atom. The van der Waals surface area contributed by atoms with Gasteiger partial charge in [-0.3, -0.25) is 4.79 Å². The summed E-state index contributed by atoms with van der Waals surface area (Å²) >= 11 is 12.2. The van der Waals surface area contributed by atoms with Gasteiger partial charge in [0.2, 0.25) is 0 Å². The number of hydrogen-bond donors (Lipinski definition) is 0.